The van der Waals surface area contributed by atoms with Crippen molar-refractivity contribution in [3.05, 3.63) is 71.8 Å². The van der Waals surface area contributed by atoms with Gasteiger partial charge in [-0.1, -0.05) is 81.4 Å². The number of carbonyl (C=O) groups excluding carboxylic acids is 2. The molecule has 0 aliphatic heterocycles. The van der Waals surface area contributed by atoms with E-state index in [1.165, 1.54) is 11.1 Å². The molecule has 272 valence electrons. The van der Waals surface area contributed by atoms with Crippen molar-refractivity contribution in [2.45, 2.75) is 144 Å². The molecular weight excluding hydrogens is 604 g/mol. The molecule has 5 atom stereocenters. The molecule has 0 saturated carbocycles. The molecule has 0 heterocycles. The van der Waals surface area contributed by atoms with E-state index >= 15 is 0 Å². The predicted octanol–water partition coefficient (Wildman–Crippen LogP) is 8.78. The monoisotopic (exact) mass is 670 g/mol. The molecule has 48 heavy (non-hydrogen) atoms. The van der Waals surface area contributed by atoms with Gasteiger partial charge < -0.3 is 24.1 Å². The third kappa shape index (κ3) is 16.6. The minimum absolute atomic E-state index is 0.00189. The van der Waals surface area contributed by atoms with Gasteiger partial charge in [-0.3, -0.25) is 9.59 Å². The Morgan fingerprint density at radius 3 is 1.50 bits per heavy atom. The molecular formula is C41H66O7. The molecule has 0 aromatic heterocycles. The fourth-order valence-electron chi connectivity index (χ4n) is 5.75. The minimum Gasteiger partial charge on any atom is -0.462 e. The highest BCUT2D eigenvalue weighted by atomic mass is 16.6. The second kappa shape index (κ2) is 20.7. The summed E-state index contributed by atoms with van der Waals surface area (Å²) in [5, 5.41) is 10.0. The van der Waals surface area contributed by atoms with Gasteiger partial charge in [-0.2, -0.15) is 0 Å². The number of esters is 2. The number of aliphatic hydroxyl groups is 1. The van der Waals surface area contributed by atoms with Crippen LogP contribution in [-0.2, 0) is 41.4 Å². The molecule has 2 rings (SSSR count). The first-order chi connectivity index (χ1) is 22.3. The Labute approximate surface area is 292 Å². The lowest BCUT2D eigenvalue weighted by Crippen LogP contribution is -2.44. The summed E-state index contributed by atoms with van der Waals surface area (Å²) in [5.74, 6) is -1.29. The molecule has 0 aliphatic rings. The van der Waals surface area contributed by atoms with Crippen LogP contribution in [0.1, 0.15) is 113 Å². The normalized spacial score (nSPS) is 15.3. The van der Waals surface area contributed by atoms with Crippen molar-refractivity contribution in [2.24, 2.45) is 17.8 Å². The van der Waals surface area contributed by atoms with E-state index in [0.29, 0.717) is 6.61 Å². The third-order valence-electron chi connectivity index (χ3n) is 8.49. The second-order valence-electron chi connectivity index (χ2n) is 15.1. The van der Waals surface area contributed by atoms with Crippen molar-refractivity contribution in [3.63, 3.8) is 0 Å². The van der Waals surface area contributed by atoms with E-state index in [4.69, 9.17) is 18.9 Å². The molecule has 1 N–H and O–H groups in total. The fourth-order valence-corrected chi connectivity index (χ4v) is 5.75. The van der Waals surface area contributed by atoms with Gasteiger partial charge in [-0.15, -0.1) is 0 Å². The quantitative estimate of drug-likeness (QED) is 0.159. The molecule has 0 spiro atoms. The first kappa shape index (κ1) is 43.3. The van der Waals surface area contributed by atoms with Crippen molar-refractivity contribution in [2.75, 3.05) is 13.2 Å². The van der Waals surface area contributed by atoms with Crippen molar-refractivity contribution < 1.29 is 33.6 Å². The molecule has 0 unspecified atom stereocenters. The highest BCUT2D eigenvalue weighted by Crippen LogP contribution is 2.31. The summed E-state index contributed by atoms with van der Waals surface area (Å²) in [4.78, 5) is 24.7. The Morgan fingerprint density at radius 1 is 0.688 bits per heavy atom. The summed E-state index contributed by atoms with van der Waals surface area (Å²) in [6, 6.07) is 20.4. The van der Waals surface area contributed by atoms with Crippen LogP contribution in [0.15, 0.2) is 60.7 Å². The molecule has 0 saturated heterocycles. The van der Waals surface area contributed by atoms with Crippen molar-refractivity contribution >= 4 is 11.9 Å². The van der Waals surface area contributed by atoms with Crippen LogP contribution in [-0.4, -0.2) is 59.3 Å². The minimum atomic E-state index is -0.574. The van der Waals surface area contributed by atoms with Gasteiger partial charge in [0.2, 0.25) is 0 Å². The highest BCUT2D eigenvalue weighted by molar-refractivity contribution is 5.79. The van der Waals surface area contributed by atoms with Crippen LogP contribution in [0.5, 0.6) is 0 Å². The third-order valence-corrected chi connectivity index (χ3v) is 8.49. The van der Waals surface area contributed by atoms with Gasteiger partial charge in [0.1, 0.15) is 11.7 Å². The van der Waals surface area contributed by atoms with Gasteiger partial charge >= 0.3 is 11.9 Å². The first-order valence-electron chi connectivity index (χ1n) is 17.8. The highest BCUT2D eigenvalue weighted by Gasteiger charge is 2.38. The van der Waals surface area contributed by atoms with Crippen LogP contribution < -0.4 is 0 Å². The first-order valence-corrected chi connectivity index (χ1v) is 17.8. The van der Waals surface area contributed by atoms with Gasteiger partial charge in [-0.05, 0) is 99.1 Å². The van der Waals surface area contributed by atoms with E-state index in [-0.39, 0.29) is 36.1 Å². The zero-order valence-corrected chi connectivity index (χ0v) is 32.0. The number of benzene rings is 2. The summed E-state index contributed by atoms with van der Waals surface area (Å²) in [5.41, 5.74) is 1.06. The molecule has 7 nitrogen and oxygen atoms in total. The zero-order valence-electron chi connectivity index (χ0n) is 32.0. The summed E-state index contributed by atoms with van der Waals surface area (Å²) in [6.07, 6.45) is 2.75. The molecule has 0 aliphatic carbocycles. The molecule has 0 fully saturated rings. The van der Waals surface area contributed by atoms with Crippen molar-refractivity contribution in [3.8, 4) is 0 Å². The van der Waals surface area contributed by atoms with Crippen molar-refractivity contribution in [1.82, 2.24) is 0 Å². The number of hydrogen-bond donors (Lipinski definition) is 1. The Bertz CT molecular complexity index is 1170. The Balaban J connectivity index is 0.000000544. The van der Waals surface area contributed by atoms with E-state index in [0.717, 1.165) is 32.3 Å². The van der Waals surface area contributed by atoms with Crippen LogP contribution in [0.25, 0.3) is 0 Å². The molecule has 7 heteroatoms. The Kier molecular flexibility index (Phi) is 18.7. The summed E-state index contributed by atoms with van der Waals surface area (Å²) in [7, 11) is 0. The SMILES string of the molecule is CCCOC(C)(C)[C@@H](Cc1ccccc1)[C@H](C)O.CCCOC(C)(C)[C@@H](Cc1ccccc1)[C@H](C)OC(=O)[C@H](C)CC(=O)OC(C)(C)C. The van der Waals surface area contributed by atoms with Crippen LogP contribution in [0.3, 0.4) is 0 Å². The van der Waals surface area contributed by atoms with Gasteiger partial charge in [0, 0.05) is 25.0 Å². The van der Waals surface area contributed by atoms with E-state index in [2.05, 4.69) is 52.0 Å². The topological polar surface area (TPSA) is 91.3 Å². The van der Waals surface area contributed by atoms with Gasteiger partial charge in [-0.25, -0.2) is 0 Å². The number of carbonyl (C=O) groups is 2. The lowest BCUT2D eigenvalue weighted by molar-refractivity contribution is -0.169. The lowest BCUT2D eigenvalue weighted by Gasteiger charge is -2.38. The number of rotatable bonds is 18. The van der Waals surface area contributed by atoms with E-state index < -0.39 is 29.1 Å². The predicted molar refractivity (Wildman–Crippen MR) is 195 cm³/mol. The van der Waals surface area contributed by atoms with Crippen molar-refractivity contribution in [1.29, 1.82) is 0 Å². The lowest BCUT2D eigenvalue weighted by atomic mass is 9.81. The fraction of sp³-hybridized carbons (Fsp3) is 0.659. The summed E-state index contributed by atoms with van der Waals surface area (Å²) >= 11 is 0. The van der Waals surface area contributed by atoms with Gasteiger partial charge in [0.15, 0.2) is 0 Å². The second-order valence-corrected chi connectivity index (χ2v) is 15.1. The number of ether oxygens (including phenoxy) is 4. The van der Waals surface area contributed by atoms with E-state index in [9.17, 15) is 14.7 Å². The van der Waals surface area contributed by atoms with Crippen LogP contribution in [0, 0.1) is 17.8 Å². The van der Waals surface area contributed by atoms with Crippen LogP contribution in [0.2, 0.25) is 0 Å². The van der Waals surface area contributed by atoms with Crippen LogP contribution >= 0.6 is 0 Å². The maximum absolute atomic E-state index is 12.7. The average Bonchev–Trinajstić information content (AvgIpc) is 3.00. The number of aliphatic hydroxyl groups excluding tert-OH is 1. The van der Waals surface area contributed by atoms with E-state index in [1.54, 1.807) is 6.92 Å². The molecule has 2 aromatic carbocycles. The molecule has 0 radical (unpaired) electrons. The Morgan fingerprint density at radius 2 is 1.10 bits per heavy atom. The average molecular weight is 671 g/mol. The van der Waals surface area contributed by atoms with E-state index in [1.807, 2.05) is 84.9 Å². The maximum Gasteiger partial charge on any atom is 0.309 e. The largest absolute Gasteiger partial charge is 0.462 e. The smallest absolute Gasteiger partial charge is 0.309 e. The van der Waals surface area contributed by atoms with Gasteiger partial charge in [0.05, 0.1) is 29.6 Å². The maximum atomic E-state index is 12.7. The zero-order chi connectivity index (χ0) is 36.5. The Hall–Kier alpha value is -2.74. The molecule has 2 aromatic rings. The summed E-state index contributed by atoms with van der Waals surface area (Å²) < 4.78 is 23.2. The summed E-state index contributed by atoms with van der Waals surface area (Å²) in [6.45, 7) is 24.7. The van der Waals surface area contributed by atoms with Crippen LogP contribution in [0.4, 0.5) is 0 Å². The standard InChI is InChI=1S/C25H40O5.C16H26O2/c1-9-15-28-25(7,8)21(17-20-13-11-10-12-14-20)19(3)29-23(27)18(2)16-22(26)30-24(4,5)6;1-5-11-18-16(3,4)15(13(2)17)12-14-9-7-6-8-10-14/h10-14,18-19,21H,9,15-17H2,1-8H3;6-10,13,15,17H,5,11-12H2,1-4H3/t18-,19+,21+;13-,15-/m10/s1. The molecule has 0 amide bonds. The van der Waals surface area contributed by atoms with Gasteiger partial charge in [0.25, 0.3) is 0 Å². The number of hydrogen-bond acceptors (Lipinski definition) is 7. The molecule has 0 bridgehead atoms.